The standard InChI is InChI=1S/C7H11NO6/c9-4-1-13-6-5(4)14-3-7(6,10)2-8(11)12/h4-6,9-10H,1-3H2/t4-,5-,6+,7-/m1/s1. The first-order valence-corrected chi connectivity index (χ1v) is 4.28. The summed E-state index contributed by atoms with van der Waals surface area (Å²) in [4.78, 5) is 9.69. The van der Waals surface area contributed by atoms with Gasteiger partial charge in [-0.05, 0) is 0 Å². The number of aliphatic hydroxyl groups is 2. The monoisotopic (exact) mass is 205 g/mol. The van der Waals surface area contributed by atoms with Crippen LogP contribution < -0.4 is 0 Å². The Morgan fingerprint density at radius 2 is 2.29 bits per heavy atom. The lowest BCUT2D eigenvalue weighted by atomic mass is 9.96. The summed E-state index contributed by atoms with van der Waals surface area (Å²) in [7, 11) is 0. The Balaban J connectivity index is 2.11. The van der Waals surface area contributed by atoms with Gasteiger partial charge in [0.05, 0.1) is 13.2 Å². The summed E-state index contributed by atoms with van der Waals surface area (Å²) < 4.78 is 10.2. The second-order valence-electron chi connectivity index (χ2n) is 3.69. The number of aliphatic hydroxyl groups excluding tert-OH is 1. The number of hydrogen-bond acceptors (Lipinski definition) is 6. The number of nitro groups is 1. The first kappa shape index (κ1) is 9.78. The Hall–Kier alpha value is -0.760. The number of ether oxygens (including phenoxy) is 2. The molecule has 4 atom stereocenters. The van der Waals surface area contributed by atoms with E-state index in [0.717, 1.165) is 0 Å². The maximum Gasteiger partial charge on any atom is 0.237 e. The second-order valence-corrected chi connectivity index (χ2v) is 3.69. The van der Waals surface area contributed by atoms with Crippen LogP contribution in [-0.4, -0.2) is 58.8 Å². The Kier molecular flexibility index (Phi) is 2.18. The fourth-order valence-electron chi connectivity index (χ4n) is 1.93. The zero-order valence-corrected chi connectivity index (χ0v) is 7.33. The van der Waals surface area contributed by atoms with Crippen molar-refractivity contribution in [2.45, 2.75) is 23.9 Å². The van der Waals surface area contributed by atoms with Crippen molar-refractivity contribution < 1.29 is 24.6 Å². The summed E-state index contributed by atoms with van der Waals surface area (Å²) in [5, 5.41) is 29.5. The summed E-state index contributed by atoms with van der Waals surface area (Å²) in [6.07, 6.45) is -2.23. The molecule has 14 heavy (non-hydrogen) atoms. The summed E-state index contributed by atoms with van der Waals surface area (Å²) in [5.74, 6) is 0. The highest BCUT2D eigenvalue weighted by atomic mass is 16.6. The van der Waals surface area contributed by atoms with Crippen LogP contribution in [0.1, 0.15) is 0 Å². The summed E-state index contributed by atoms with van der Waals surface area (Å²) in [6.45, 7) is -0.739. The molecule has 0 radical (unpaired) electrons. The van der Waals surface area contributed by atoms with E-state index in [2.05, 4.69) is 0 Å². The molecule has 2 rings (SSSR count). The maximum atomic E-state index is 10.3. The molecule has 0 unspecified atom stereocenters. The quantitative estimate of drug-likeness (QED) is 0.405. The second kappa shape index (κ2) is 3.13. The van der Waals surface area contributed by atoms with Gasteiger partial charge in [-0.15, -0.1) is 0 Å². The van der Waals surface area contributed by atoms with E-state index in [1.807, 2.05) is 0 Å². The van der Waals surface area contributed by atoms with Crippen molar-refractivity contribution in [1.82, 2.24) is 0 Å². The Morgan fingerprint density at radius 1 is 1.57 bits per heavy atom. The molecule has 2 aliphatic rings. The van der Waals surface area contributed by atoms with Crippen LogP contribution in [0.15, 0.2) is 0 Å². The van der Waals surface area contributed by atoms with Crippen LogP contribution >= 0.6 is 0 Å². The van der Waals surface area contributed by atoms with Crippen molar-refractivity contribution in [3.63, 3.8) is 0 Å². The Morgan fingerprint density at radius 3 is 2.93 bits per heavy atom. The van der Waals surface area contributed by atoms with Gasteiger partial charge in [-0.1, -0.05) is 0 Å². The van der Waals surface area contributed by atoms with Gasteiger partial charge in [-0.25, -0.2) is 0 Å². The molecule has 2 saturated heterocycles. The van der Waals surface area contributed by atoms with Gasteiger partial charge in [0.2, 0.25) is 6.54 Å². The van der Waals surface area contributed by atoms with Crippen molar-refractivity contribution in [2.24, 2.45) is 0 Å². The highest BCUT2D eigenvalue weighted by molar-refractivity contribution is 5.03. The van der Waals surface area contributed by atoms with Crippen LogP contribution in [0.4, 0.5) is 0 Å². The highest BCUT2D eigenvalue weighted by Gasteiger charge is 2.58. The minimum atomic E-state index is -1.61. The summed E-state index contributed by atoms with van der Waals surface area (Å²) in [6, 6.07) is 0. The first-order valence-electron chi connectivity index (χ1n) is 4.28. The Labute approximate surface area is 79.4 Å². The van der Waals surface area contributed by atoms with Gasteiger partial charge < -0.3 is 19.7 Å². The molecule has 0 spiro atoms. The first-order chi connectivity index (χ1) is 6.53. The number of rotatable bonds is 2. The van der Waals surface area contributed by atoms with Crippen LogP contribution in [0.25, 0.3) is 0 Å². The SMILES string of the molecule is O=[N+]([O-])C[C@@]1(O)CO[C@@H]2[C@H](O)CO[C@@H]21. The van der Waals surface area contributed by atoms with Gasteiger partial charge >= 0.3 is 0 Å². The largest absolute Gasteiger partial charge is 0.388 e. The average molecular weight is 205 g/mol. The summed E-state index contributed by atoms with van der Waals surface area (Å²) >= 11 is 0. The molecule has 0 saturated carbocycles. The molecular weight excluding hydrogens is 194 g/mol. The van der Waals surface area contributed by atoms with Crippen molar-refractivity contribution in [2.75, 3.05) is 19.8 Å². The zero-order chi connectivity index (χ0) is 10.3. The zero-order valence-electron chi connectivity index (χ0n) is 7.33. The molecule has 7 nitrogen and oxygen atoms in total. The summed E-state index contributed by atoms with van der Waals surface area (Å²) in [5.41, 5.74) is -1.61. The maximum absolute atomic E-state index is 10.3. The molecule has 0 aromatic rings. The topological polar surface area (TPSA) is 102 Å². The number of hydrogen-bond donors (Lipinski definition) is 2. The lowest BCUT2D eigenvalue weighted by Crippen LogP contribution is -2.49. The van der Waals surface area contributed by atoms with Gasteiger partial charge in [0.25, 0.3) is 0 Å². The predicted octanol–water partition coefficient (Wildman–Crippen LogP) is -1.85. The normalized spacial score (nSPS) is 46.6. The third kappa shape index (κ3) is 1.38. The molecule has 2 N–H and O–H groups in total. The molecule has 7 heteroatoms. The average Bonchev–Trinajstić information content (AvgIpc) is 2.55. The molecule has 2 heterocycles. The van der Waals surface area contributed by atoms with Crippen LogP contribution in [0, 0.1) is 10.1 Å². The minimum Gasteiger partial charge on any atom is -0.388 e. The van der Waals surface area contributed by atoms with Crippen molar-refractivity contribution in [3.8, 4) is 0 Å². The molecule has 80 valence electrons. The lowest BCUT2D eigenvalue weighted by Gasteiger charge is -2.21. The third-order valence-electron chi connectivity index (χ3n) is 2.58. The van der Waals surface area contributed by atoms with Crippen molar-refractivity contribution in [3.05, 3.63) is 10.1 Å². The smallest absolute Gasteiger partial charge is 0.237 e. The fraction of sp³-hybridized carbons (Fsp3) is 1.00. The molecule has 0 aromatic carbocycles. The van der Waals surface area contributed by atoms with E-state index in [-0.39, 0.29) is 13.2 Å². The van der Waals surface area contributed by atoms with E-state index in [4.69, 9.17) is 9.47 Å². The van der Waals surface area contributed by atoms with E-state index < -0.39 is 35.4 Å². The minimum absolute atomic E-state index is 0.0510. The third-order valence-corrected chi connectivity index (χ3v) is 2.58. The fourth-order valence-corrected chi connectivity index (χ4v) is 1.93. The van der Waals surface area contributed by atoms with Gasteiger partial charge in [0, 0.05) is 4.92 Å². The van der Waals surface area contributed by atoms with E-state index in [0.29, 0.717) is 0 Å². The van der Waals surface area contributed by atoms with Gasteiger partial charge in [0.15, 0.2) is 5.60 Å². The van der Waals surface area contributed by atoms with Crippen molar-refractivity contribution in [1.29, 1.82) is 0 Å². The van der Waals surface area contributed by atoms with Crippen LogP contribution in [-0.2, 0) is 9.47 Å². The highest BCUT2D eigenvalue weighted by Crippen LogP contribution is 2.34. The van der Waals surface area contributed by atoms with E-state index in [9.17, 15) is 20.3 Å². The van der Waals surface area contributed by atoms with E-state index in [1.165, 1.54) is 0 Å². The predicted molar refractivity (Wildman–Crippen MR) is 42.3 cm³/mol. The molecular formula is C7H11NO6. The molecule has 0 aromatic heterocycles. The van der Waals surface area contributed by atoms with Gasteiger partial charge in [0.1, 0.15) is 18.3 Å². The number of nitrogens with zero attached hydrogens (tertiary/aromatic N) is 1. The molecule has 0 aliphatic carbocycles. The van der Waals surface area contributed by atoms with E-state index in [1.54, 1.807) is 0 Å². The molecule has 2 aliphatic heterocycles. The molecule has 0 amide bonds. The lowest BCUT2D eigenvalue weighted by molar-refractivity contribution is -0.503. The van der Waals surface area contributed by atoms with Crippen LogP contribution in [0.3, 0.4) is 0 Å². The molecule has 2 fully saturated rings. The molecule has 0 bridgehead atoms. The van der Waals surface area contributed by atoms with Crippen molar-refractivity contribution >= 4 is 0 Å². The Bertz CT molecular complexity index is 259. The number of fused-ring (bicyclic) bond motifs is 1. The van der Waals surface area contributed by atoms with Gasteiger partial charge in [-0.3, -0.25) is 10.1 Å². The van der Waals surface area contributed by atoms with Crippen LogP contribution in [0.2, 0.25) is 0 Å². The van der Waals surface area contributed by atoms with Crippen LogP contribution in [0.5, 0.6) is 0 Å². The van der Waals surface area contributed by atoms with E-state index >= 15 is 0 Å². The van der Waals surface area contributed by atoms with Gasteiger partial charge in [-0.2, -0.15) is 0 Å².